The van der Waals surface area contributed by atoms with E-state index in [1.165, 1.54) is 0 Å². The average molecular weight is 295 g/mol. The molecule has 2 rings (SSSR count). The maximum Gasteiger partial charge on any atom is 0.282 e. The smallest absolute Gasteiger partial charge is 0.282 e. The van der Waals surface area contributed by atoms with Crippen LogP contribution in [0, 0.1) is 21.8 Å². The molecule has 0 bridgehead atoms. The van der Waals surface area contributed by atoms with Crippen LogP contribution in [0.3, 0.4) is 0 Å². The van der Waals surface area contributed by atoms with Crippen LogP contribution in [0.25, 0.3) is 0 Å². The number of carbonyl (C=O) groups is 1. The zero-order valence-corrected chi connectivity index (χ0v) is 11.6. The van der Waals surface area contributed by atoms with Crippen LogP contribution in [0.15, 0.2) is 18.2 Å². The molecule has 1 atom stereocenters. The van der Waals surface area contributed by atoms with E-state index in [9.17, 15) is 19.3 Å². The van der Waals surface area contributed by atoms with E-state index in [1.807, 2.05) is 0 Å². The van der Waals surface area contributed by atoms with Crippen molar-refractivity contribution in [3.8, 4) is 0 Å². The van der Waals surface area contributed by atoms with Gasteiger partial charge in [-0.25, -0.2) is 4.39 Å². The number of nitrogens with two attached hydrogens (primary N) is 1. The first-order chi connectivity index (χ1) is 10.0. The SMILES string of the molecule is NCCC1CCCN(C(=O)c2cc(F)ccc2[N+](=O)[O-])C1. The Bertz CT molecular complexity index is 548. The normalized spacial score (nSPS) is 18.6. The number of carbonyl (C=O) groups excluding carboxylic acids is 1. The fourth-order valence-electron chi connectivity index (χ4n) is 2.73. The van der Waals surface area contributed by atoms with E-state index in [-0.39, 0.29) is 11.3 Å². The van der Waals surface area contributed by atoms with Crippen LogP contribution in [-0.2, 0) is 0 Å². The first-order valence-corrected chi connectivity index (χ1v) is 6.96. The third-order valence-corrected chi connectivity index (χ3v) is 3.77. The highest BCUT2D eigenvalue weighted by atomic mass is 19.1. The summed E-state index contributed by atoms with van der Waals surface area (Å²) in [6, 6.07) is 2.96. The van der Waals surface area contributed by atoms with Gasteiger partial charge in [-0.1, -0.05) is 0 Å². The molecule has 1 saturated heterocycles. The molecule has 0 saturated carbocycles. The standard InChI is InChI=1S/C14H18FN3O3/c15-11-3-4-13(18(20)21)12(8-11)14(19)17-7-1-2-10(9-17)5-6-16/h3-4,8,10H,1-2,5-7,9,16H2. The van der Waals surface area contributed by atoms with Crippen LogP contribution in [0.1, 0.15) is 29.6 Å². The number of nitro benzene ring substituents is 1. The number of piperidine rings is 1. The molecule has 0 aliphatic carbocycles. The van der Waals surface area contributed by atoms with Crippen molar-refractivity contribution in [1.29, 1.82) is 0 Å². The second-order valence-electron chi connectivity index (χ2n) is 5.26. The van der Waals surface area contributed by atoms with Gasteiger partial charge in [-0.3, -0.25) is 14.9 Å². The van der Waals surface area contributed by atoms with Gasteiger partial charge in [0.2, 0.25) is 0 Å². The molecule has 1 aliphatic rings. The van der Waals surface area contributed by atoms with Gasteiger partial charge >= 0.3 is 0 Å². The Kier molecular flexibility index (Phi) is 4.85. The highest BCUT2D eigenvalue weighted by Gasteiger charge is 2.29. The van der Waals surface area contributed by atoms with E-state index < -0.39 is 16.6 Å². The number of likely N-dealkylation sites (tertiary alicyclic amines) is 1. The van der Waals surface area contributed by atoms with E-state index in [0.717, 1.165) is 37.5 Å². The zero-order valence-electron chi connectivity index (χ0n) is 11.6. The topological polar surface area (TPSA) is 89.5 Å². The Labute approximate surface area is 121 Å². The molecule has 1 amide bonds. The van der Waals surface area contributed by atoms with Crippen LogP contribution < -0.4 is 5.73 Å². The lowest BCUT2D eigenvalue weighted by Gasteiger charge is -2.32. The number of rotatable bonds is 4. The van der Waals surface area contributed by atoms with Crippen LogP contribution >= 0.6 is 0 Å². The molecule has 1 fully saturated rings. The molecule has 7 heteroatoms. The lowest BCUT2D eigenvalue weighted by molar-refractivity contribution is -0.385. The molecule has 1 heterocycles. The van der Waals surface area contributed by atoms with Crippen LogP contribution in [0.5, 0.6) is 0 Å². The predicted molar refractivity (Wildman–Crippen MR) is 75.4 cm³/mol. The van der Waals surface area contributed by atoms with Gasteiger partial charge in [0.15, 0.2) is 0 Å². The van der Waals surface area contributed by atoms with Gasteiger partial charge in [0.1, 0.15) is 11.4 Å². The van der Waals surface area contributed by atoms with Gasteiger partial charge in [-0.15, -0.1) is 0 Å². The number of amides is 1. The largest absolute Gasteiger partial charge is 0.338 e. The maximum atomic E-state index is 13.3. The zero-order chi connectivity index (χ0) is 15.4. The Morgan fingerprint density at radius 2 is 2.29 bits per heavy atom. The summed E-state index contributed by atoms with van der Waals surface area (Å²) in [6.07, 6.45) is 2.64. The quantitative estimate of drug-likeness (QED) is 0.679. The molecule has 0 spiro atoms. The second-order valence-corrected chi connectivity index (χ2v) is 5.26. The lowest BCUT2D eigenvalue weighted by Crippen LogP contribution is -2.40. The van der Waals surface area contributed by atoms with E-state index in [4.69, 9.17) is 5.73 Å². The monoisotopic (exact) mass is 295 g/mol. The Balaban J connectivity index is 2.23. The molecule has 1 aromatic rings. The number of nitro groups is 1. The molecule has 1 aliphatic heterocycles. The molecule has 0 radical (unpaired) electrons. The van der Waals surface area contributed by atoms with E-state index in [2.05, 4.69) is 0 Å². The minimum Gasteiger partial charge on any atom is -0.338 e. The third kappa shape index (κ3) is 3.55. The van der Waals surface area contributed by atoms with Crippen molar-refractivity contribution in [1.82, 2.24) is 4.90 Å². The molecule has 114 valence electrons. The molecule has 0 aromatic heterocycles. The average Bonchev–Trinajstić information content (AvgIpc) is 2.46. The summed E-state index contributed by atoms with van der Waals surface area (Å²) in [5, 5.41) is 11.0. The summed E-state index contributed by atoms with van der Waals surface area (Å²) >= 11 is 0. The van der Waals surface area contributed by atoms with Gasteiger partial charge in [-0.05, 0) is 43.9 Å². The lowest BCUT2D eigenvalue weighted by atomic mass is 9.94. The summed E-state index contributed by atoms with van der Waals surface area (Å²) in [5.74, 6) is -0.831. The number of nitrogens with zero attached hydrogens (tertiary/aromatic N) is 2. The Hall–Kier alpha value is -2.02. The highest BCUT2D eigenvalue weighted by Crippen LogP contribution is 2.25. The van der Waals surface area contributed by atoms with Gasteiger partial charge in [0.05, 0.1) is 4.92 Å². The molecule has 21 heavy (non-hydrogen) atoms. The summed E-state index contributed by atoms with van der Waals surface area (Å²) in [7, 11) is 0. The summed E-state index contributed by atoms with van der Waals surface area (Å²) < 4.78 is 13.3. The number of benzene rings is 1. The van der Waals surface area contributed by atoms with Crippen molar-refractivity contribution < 1.29 is 14.1 Å². The molecule has 1 aromatic carbocycles. The van der Waals surface area contributed by atoms with Gasteiger partial charge in [0.25, 0.3) is 11.6 Å². The van der Waals surface area contributed by atoms with Crippen molar-refractivity contribution >= 4 is 11.6 Å². The molecule has 2 N–H and O–H groups in total. The molecular weight excluding hydrogens is 277 g/mol. The first kappa shape index (κ1) is 15.4. The fraction of sp³-hybridized carbons (Fsp3) is 0.500. The minimum atomic E-state index is -0.659. The minimum absolute atomic E-state index is 0.187. The molecule has 1 unspecified atom stereocenters. The van der Waals surface area contributed by atoms with Crippen molar-refractivity contribution in [2.24, 2.45) is 11.7 Å². The van der Waals surface area contributed by atoms with Crippen LogP contribution in [-0.4, -0.2) is 35.4 Å². The molecular formula is C14H18FN3O3. The van der Waals surface area contributed by atoms with Gasteiger partial charge < -0.3 is 10.6 Å². The Morgan fingerprint density at radius 1 is 1.52 bits per heavy atom. The van der Waals surface area contributed by atoms with Crippen molar-refractivity contribution in [3.63, 3.8) is 0 Å². The summed E-state index contributed by atoms with van der Waals surface area (Å²) in [5.41, 5.74) is 4.99. The first-order valence-electron chi connectivity index (χ1n) is 6.96. The van der Waals surface area contributed by atoms with E-state index in [1.54, 1.807) is 4.90 Å². The Morgan fingerprint density at radius 3 is 2.95 bits per heavy atom. The van der Waals surface area contributed by atoms with Crippen LogP contribution in [0.2, 0.25) is 0 Å². The van der Waals surface area contributed by atoms with Gasteiger partial charge in [-0.2, -0.15) is 0 Å². The summed E-state index contributed by atoms with van der Waals surface area (Å²) in [6.45, 7) is 1.60. The third-order valence-electron chi connectivity index (χ3n) is 3.77. The fourth-order valence-corrected chi connectivity index (χ4v) is 2.73. The predicted octanol–water partition coefficient (Wildman–Crippen LogP) is 1.93. The highest BCUT2D eigenvalue weighted by molar-refractivity contribution is 5.98. The van der Waals surface area contributed by atoms with Crippen LogP contribution in [0.4, 0.5) is 10.1 Å². The number of hydrogen-bond donors (Lipinski definition) is 1. The number of hydrogen-bond acceptors (Lipinski definition) is 4. The van der Waals surface area contributed by atoms with Crippen molar-refractivity contribution in [3.05, 3.63) is 39.7 Å². The van der Waals surface area contributed by atoms with Gasteiger partial charge in [0, 0.05) is 19.2 Å². The summed E-state index contributed by atoms with van der Waals surface area (Å²) in [4.78, 5) is 24.3. The second kappa shape index (κ2) is 6.62. The maximum absolute atomic E-state index is 13.3. The molecule has 6 nitrogen and oxygen atoms in total. The number of halogens is 1. The van der Waals surface area contributed by atoms with E-state index >= 15 is 0 Å². The van der Waals surface area contributed by atoms with Crippen molar-refractivity contribution in [2.45, 2.75) is 19.3 Å². The van der Waals surface area contributed by atoms with Crippen molar-refractivity contribution in [2.75, 3.05) is 19.6 Å². The van der Waals surface area contributed by atoms with E-state index in [0.29, 0.717) is 25.6 Å².